The molecule has 0 bridgehead atoms. The summed E-state index contributed by atoms with van der Waals surface area (Å²) in [5.74, 6) is -1.71. The van der Waals surface area contributed by atoms with E-state index in [9.17, 15) is 18.0 Å². The molecule has 0 unspecified atom stereocenters. The molecule has 8 heteroatoms. The second-order valence-corrected chi connectivity index (χ2v) is 8.89. The van der Waals surface area contributed by atoms with Crippen LogP contribution in [0.3, 0.4) is 0 Å². The van der Waals surface area contributed by atoms with Crippen LogP contribution in [0.4, 0.5) is 5.69 Å². The first-order valence-electron chi connectivity index (χ1n) is 8.39. The molecule has 1 saturated heterocycles. The molecule has 1 fully saturated rings. The first-order chi connectivity index (χ1) is 12.7. The summed E-state index contributed by atoms with van der Waals surface area (Å²) >= 11 is 6.19. The van der Waals surface area contributed by atoms with E-state index in [1.165, 1.54) is 18.2 Å². The van der Waals surface area contributed by atoms with Crippen LogP contribution in [0.25, 0.3) is 0 Å². The Morgan fingerprint density at radius 3 is 2.59 bits per heavy atom. The van der Waals surface area contributed by atoms with Gasteiger partial charge in [-0.25, -0.2) is 12.7 Å². The van der Waals surface area contributed by atoms with Crippen molar-refractivity contribution < 1.29 is 18.0 Å². The predicted octanol–water partition coefficient (Wildman–Crippen LogP) is 2.89. The Kier molecular flexibility index (Phi) is 5.26. The van der Waals surface area contributed by atoms with Gasteiger partial charge in [-0.05, 0) is 30.7 Å². The molecule has 1 aliphatic rings. The van der Waals surface area contributed by atoms with Crippen LogP contribution in [-0.4, -0.2) is 26.0 Å². The Labute approximate surface area is 163 Å². The Morgan fingerprint density at radius 1 is 1.26 bits per heavy atom. The zero-order valence-corrected chi connectivity index (χ0v) is 16.5. The maximum absolute atomic E-state index is 12.4. The molecule has 2 aromatic rings. The third-order valence-electron chi connectivity index (χ3n) is 4.33. The number of aryl methyl sites for hydroxylation is 1. The van der Waals surface area contributed by atoms with Gasteiger partial charge in [0.2, 0.25) is 15.9 Å². The Morgan fingerprint density at radius 2 is 2.00 bits per heavy atom. The third-order valence-corrected chi connectivity index (χ3v) is 6.51. The highest BCUT2D eigenvalue weighted by atomic mass is 35.5. The largest absolute Gasteiger partial charge is 0.348 e. The van der Waals surface area contributed by atoms with Crippen molar-refractivity contribution in [3.05, 3.63) is 64.2 Å². The summed E-state index contributed by atoms with van der Waals surface area (Å²) in [5, 5.41) is 2.86. The minimum atomic E-state index is -3.71. The van der Waals surface area contributed by atoms with Crippen LogP contribution in [-0.2, 0) is 21.4 Å². The van der Waals surface area contributed by atoms with Crippen LogP contribution in [0.15, 0.2) is 42.5 Å². The van der Waals surface area contributed by atoms with E-state index in [2.05, 4.69) is 5.32 Å². The number of amides is 2. The third kappa shape index (κ3) is 3.99. The molecule has 1 aliphatic heterocycles. The highest BCUT2D eigenvalue weighted by molar-refractivity contribution is 7.94. The number of halogens is 1. The number of benzene rings is 2. The molecule has 2 aromatic carbocycles. The van der Waals surface area contributed by atoms with Crippen LogP contribution in [0.1, 0.15) is 28.4 Å². The van der Waals surface area contributed by atoms with E-state index in [1.807, 2.05) is 31.2 Å². The van der Waals surface area contributed by atoms with Gasteiger partial charge >= 0.3 is 0 Å². The molecule has 0 spiro atoms. The molecule has 142 valence electrons. The molecule has 6 nitrogen and oxygen atoms in total. The van der Waals surface area contributed by atoms with Crippen LogP contribution in [0, 0.1) is 12.8 Å². The van der Waals surface area contributed by atoms with Gasteiger partial charge < -0.3 is 5.32 Å². The zero-order chi connectivity index (χ0) is 19.8. The van der Waals surface area contributed by atoms with Crippen molar-refractivity contribution in [2.24, 2.45) is 5.92 Å². The molecule has 0 radical (unpaired) electrons. The number of sulfonamides is 1. The molecule has 3 rings (SSSR count). The molecule has 0 aromatic heterocycles. The van der Waals surface area contributed by atoms with Crippen molar-refractivity contribution >= 4 is 39.1 Å². The smallest absolute Gasteiger partial charge is 0.253 e. The molecule has 27 heavy (non-hydrogen) atoms. The second kappa shape index (κ2) is 7.32. The Bertz CT molecular complexity index is 1020. The highest BCUT2D eigenvalue weighted by Crippen LogP contribution is 2.31. The maximum atomic E-state index is 12.4. The zero-order valence-electron chi connectivity index (χ0n) is 14.9. The molecule has 1 N–H and O–H groups in total. The van der Waals surface area contributed by atoms with E-state index in [-0.39, 0.29) is 27.9 Å². The minimum Gasteiger partial charge on any atom is -0.348 e. The quantitative estimate of drug-likeness (QED) is 0.846. The molecule has 0 aliphatic carbocycles. The molecular weight excluding hydrogens is 388 g/mol. The summed E-state index contributed by atoms with van der Waals surface area (Å²) in [4.78, 5) is 24.6. The SMILES string of the molecule is Cc1cccc(CNC(=O)c2ccc(N3C(=O)[C@H](C)CS3(=O)=O)cc2Cl)c1. The Balaban J connectivity index is 1.78. The summed E-state index contributed by atoms with van der Waals surface area (Å²) in [6, 6.07) is 11.9. The first-order valence-corrected chi connectivity index (χ1v) is 10.4. The van der Waals surface area contributed by atoms with Crippen LogP contribution in [0.2, 0.25) is 5.02 Å². The van der Waals surface area contributed by atoms with Gasteiger partial charge in [0.25, 0.3) is 5.91 Å². The van der Waals surface area contributed by atoms with E-state index in [0.29, 0.717) is 6.54 Å². The van der Waals surface area contributed by atoms with Crippen molar-refractivity contribution in [3.8, 4) is 0 Å². The fourth-order valence-corrected chi connectivity index (χ4v) is 5.07. The van der Waals surface area contributed by atoms with Gasteiger partial charge in [-0.2, -0.15) is 0 Å². The number of carbonyl (C=O) groups excluding carboxylic acids is 2. The van der Waals surface area contributed by atoms with Gasteiger partial charge in [0.15, 0.2) is 0 Å². The highest BCUT2D eigenvalue weighted by Gasteiger charge is 2.42. The normalized spacial score (nSPS) is 18.6. The lowest BCUT2D eigenvalue weighted by atomic mass is 10.1. The number of hydrogen-bond acceptors (Lipinski definition) is 4. The summed E-state index contributed by atoms with van der Waals surface area (Å²) < 4.78 is 25.1. The van der Waals surface area contributed by atoms with Crippen molar-refractivity contribution in [2.45, 2.75) is 20.4 Å². The van der Waals surface area contributed by atoms with E-state index in [1.54, 1.807) is 6.92 Å². The fraction of sp³-hybridized carbons (Fsp3) is 0.263. The number of nitrogens with one attached hydrogen (secondary N) is 1. The molecule has 1 heterocycles. The van der Waals surface area contributed by atoms with Crippen LogP contribution in [0.5, 0.6) is 0 Å². The van der Waals surface area contributed by atoms with Crippen LogP contribution >= 0.6 is 11.6 Å². The van der Waals surface area contributed by atoms with Crippen LogP contribution < -0.4 is 9.62 Å². The van der Waals surface area contributed by atoms with E-state index >= 15 is 0 Å². The van der Waals surface area contributed by atoms with E-state index in [4.69, 9.17) is 11.6 Å². The van der Waals surface area contributed by atoms with Gasteiger partial charge in [-0.15, -0.1) is 0 Å². The number of hydrogen-bond donors (Lipinski definition) is 1. The average molecular weight is 407 g/mol. The summed E-state index contributed by atoms with van der Waals surface area (Å²) in [6.45, 7) is 3.87. The van der Waals surface area contributed by atoms with Crippen molar-refractivity contribution in [1.29, 1.82) is 0 Å². The topological polar surface area (TPSA) is 83.6 Å². The van der Waals surface area contributed by atoms with Gasteiger partial charge in [0.05, 0.1) is 27.9 Å². The lowest BCUT2D eigenvalue weighted by molar-refractivity contribution is -0.119. The second-order valence-electron chi connectivity index (χ2n) is 6.62. The first kappa shape index (κ1) is 19.4. The fourth-order valence-electron chi connectivity index (χ4n) is 3.00. The van der Waals surface area contributed by atoms with Crippen molar-refractivity contribution in [1.82, 2.24) is 5.32 Å². The van der Waals surface area contributed by atoms with Gasteiger partial charge in [0, 0.05) is 6.54 Å². The van der Waals surface area contributed by atoms with Crippen molar-refractivity contribution in [3.63, 3.8) is 0 Å². The summed E-state index contributed by atoms with van der Waals surface area (Å²) in [7, 11) is -3.71. The lowest BCUT2D eigenvalue weighted by Gasteiger charge is -2.16. The van der Waals surface area contributed by atoms with Gasteiger partial charge in [-0.3, -0.25) is 9.59 Å². The minimum absolute atomic E-state index is 0.0804. The monoisotopic (exact) mass is 406 g/mol. The number of rotatable bonds is 4. The summed E-state index contributed by atoms with van der Waals surface area (Å²) in [6.07, 6.45) is 0. The number of nitrogens with zero attached hydrogens (tertiary/aromatic N) is 1. The van der Waals surface area contributed by atoms with Crippen molar-refractivity contribution in [2.75, 3.05) is 10.1 Å². The summed E-state index contributed by atoms with van der Waals surface area (Å²) in [5.41, 5.74) is 2.41. The van der Waals surface area contributed by atoms with E-state index in [0.717, 1.165) is 15.4 Å². The molecular formula is C19H19ClN2O4S. The van der Waals surface area contributed by atoms with Gasteiger partial charge in [0.1, 0.15) is 0 Å². The molecule has 2 amide bonds. The standard InChI is InChI=1S/C19H19ClN2O4S/c1-12-4-3-5-14(8-12)10-21-18(23)16-7-6-15(9-17(16)20)22-19(24)13(2)11-27(22,25)26/h3-9,13H,10-11H2,1-2H3,(H,21,23)/t13-/m1/s1. The van der Waals surface area contributed by atoms with E-state index < -0.39 is 21.8 Å². The number of anilines is 1. The Hall–Kier alpha value is -2.38. The predicted molar refractivity (Wildman–Crippen MR) is 104 cm³/mol. The average Bonchev–Trinajstić information content (AvgIpc) is 2.80. The maximum Gasteiger partial charge on any atom is 0.253 e. The lowest BCUT2D eigenvalue weighted by Crippen LogP contribution is -2.30. The molecule has 1 atom stereocenters. The number of carbonyl (C=O) groups is 2. The molecule has 0 saturated carbocycles. The van der Waals surface area contributed by atoms with Gasteiger partial charge in [-0.1, -0.05) is 48.4 Å².